The van der Waals surface area contributed by atoms with E-state index in [2.05, 4.69) is 15.3 Å². The van der Waals surface area contributed by atoms with Crippen molar-refractivity contribution in [2.24, 2.45) is 0 Å². The van der Waals surface area contributed by atoms with Crippen LogP contribution in [0.2, 0.25) is 10.0 Å². The van der Waals surface area contributed by atoms with Gasteiger partial charge in [0.1, 0.15) is 22.0 Å². The van der Waals surface area contributed by atoms with Gasteiger partial charge in [0, 0.05) is 38.2 Å². The van der Waals surface area contributed by atoms with E-state index in [9.17, 15) is 9.59 Å². The van der Waals surface area contributed by atoms with Gasteiger partial charge in [0.25, 0.3) is 5.91 Å². The summed E-state index contributed by atoms with van der Waals surface area (Å²) in [6.07, 6.45) is 1.84. The van der Waals surface area contributed by atoms with Crippen molar-refractivity contribution < 1.29 is 23.8 Å². The summed E-state index contributed by atoms with van der Waals surface area (Å²) in [6.45, 7) is 4.75. The minimum Gasteiger partial charge on any atom is -0.497 e. The topological polar surface area (TPSA) is 119 Å². The van der Waals surface area contributed by atoms with E-state index in [0.29, 0.717) is 57.4 Å². The van der Waals surface area contributed by atoms with Crippen molar-refractivity contribution in [2.45, 2.75) is 32.4 Å². The molecule has 3 aromatic heterocycles. The molecule has 2 N–H and O–H groups in total. The van der Waals surface area contributed by atoms with Crippen LogP contribution in [-0.2, 0) is 9.47 Å². The van der Waals surface area contributed by atoms with Crippen molar-refractivity contribution in [2.75, 3.05) is 38.8 Å². The molecule has 1 saturated heterocycles. The average molecular weight is 568 g/mol. The molecule has 0 unspecified atom stereocenters. The van der Waals surface area contributed by atoms with Crippen LogP contribution in [0.25, 0.3) is 11.4 Å². The molecule has 1 fully saturated rings. The summed E-state index contributed by atoms with van der Waals surface area (Å²) in [5, 5.41) is 4.15. The molecule has 0 bridgehead atoms. The zero-order valence-corrected chi connectivity index (χ0v) is 23.1. The number of halogens is 2. The van der Waals surface area contributed by atoms with E-state index >= 15 is 0 Å². The first-order valence-electron chi connectivity index (χ1n) is 11.6. The first-order chi connectivity index (χ1) is 17.8. The largest absolute Gasteiger partial charge is 0.497 e. The summed E-state index contributed by atoms with van der Waals surface area (Å²) in [5.41, 5.74) is 1.77. The Hall–Kier alpha value is -2.86. The van der Waals surface area contributed by atoms with Crippen LogP contribution in [0.3, 0.4) is 0 Å². The number of thiazole rings is 1. The molecule has 0 aliphatic carbocycles. The molecule has 0 saturated carbocycles. The maximum absolute atomic E-state index is 12.9. The highest BCUT2D eigenvalue weighted by Gasteiger charge is 2.34. The van der Waals surface area contributed by atoms with Crippen LogP contribution in [0.1, 0.15) is 39.2 Å². The van der Waals surface area contributed by atoms with E-state index < -0.39 is 5.97 Å². The molecule has 0 radical (unpaired) electrons. The number of esters is 1. The maximum atomic E-state index is 12.9. The number of hydrogen-bond donors (Lipinski definition) is 2. The van der Waals surface area contributed by atoms with Gasteiger partial charge in [-0.1, -0.05) is 34.5 Å². The van der Waals surface area contributed by atoms with Gasteiger partial charge in [0.05, 0.1) is 41.6 Å². The van der Waals surface area contributed by atoms with Crippen molar-refractivity contribution in [3.05, 3.63) is 44.6 Å². The minimum absolute atomic E-state index is 0.191. The maximum Gasteiger partial charge on any atom is 0.350 e. The second-order valence-electron chi connectivity index (χ2n) is 8.32. The van der Waals surface area contributed by atoms with Crippen molar-refractivity contribution in [3.8, 4) is 17.1 Å². The third-order valence-corrected chi connectivity index (χ3v) is 8.06. The van der Waals surface area contributed by atoms with Crippen LogP contribution in [-0.4, -0.2) is 72.9 Å². The molecule has 1 aliphatic rings. The third-order valence-electron chi connectivity index (χ3n) is 6.02. The number of H-pyrrole nitrogens is 1. The summed E-state index contributed by atoms with van der Waals surface area (Å²) in [4.78, 5) is 40.1. The van der Waals surface area contributed by atoms with Crippen molar-refractivity contribution >= 4 is 51.5 Å². The molecule has 0 spiro atoms. The Balaban J connectivity index is 1.55. The highest BCUT2D eigenvalue weighted by molar-refractivity contribution is 7.17. The molecule has 1 amide bonds. The Morgan fingerprint density at radius 3 is 2.73 bits per heavy atom. The van der Waals surface area contributed by atoms with Gasteiger partial charge in [-0.05, 0) is 26.3 Å². The van der Waals surface area contributed by atoms with Crippen LogP contribution in [0.15, 0.2) is 18.3 Å². The van der Waals surface area contributed by atoms with Gasteiger partial charge in [0.15, 0.2) is 5.13 Å². The van der Waals surface area contributed by atoms with E-state index in [-0.39, 0.29) is 35.4 Å². The van der Waals surface area contributed by atoms with Crippen molar-refractivity contribution in [1.29, 1.82) is 0 Å². The number of nitrogens with zero attached hydrogens (tertiary/aromatic N) is 3. The van der Waals surface area contributed by atoms with Crippen LogP contribution >= 0.6 is 34.5 Å². The summed E-state index contributed by atoms with van der Waals surface area (Å²) in [7, 11) is 3.15. The van der Waals surface area contributed by atoms with E-state index in [4.69, 9.17) is 42.4 Å². The molecule has 198 valence electrons. The van der Waals surface area contributed by atoms with Gasteiger partial charge in [-0.2, -0.15) is 0 Å². The Bertz CT molecular complexity index is 1300. The van der Waals surface area contributed by atoms with Crippen LogP contribution in [0.4, 0.5) is 5.13 Å². The number of ether oxygens (including phenoxy) is 3. The lowest BCUT2D eigenvalue weighted by molar-refractivity contribution is 0.0531. The fraction of sp³-hybridized carbons (Fsp3) is 0.417. The number of carbonyl (C=O) groups excluding carboxylic acids is 2. The van der Waals surface area contributed by atoms with Gasteiger partial charge in [0.2, 0.25) is 0 Å². The molecule has 3 aromatic rings. The number of nitrogens with one attached hydrogen (secondary N) is 2. The van der Waals surface area contributed by atoms with Gasteiger partial charge in [-0.25, -0.2) is 9.78 Å². The molecule has 37 heavy (non-hydrogen) atoms. The molecule has 4 rings (SSSR count). The lowest BCUT2D eigenvalue weighted by atomic mass is 10.0. The lowest BCUT2D eigenvalue weighted by Gasteiger charge is -2.37. The fourth-order valence-electron chi connectivity index (χ4n) is 4.08. The number of pyridine rings is 1. The van der Waals surface area contributed by atoms with Gasteiger partial charge in [-0.3, -0.25) is 9.78 Å². The Labute approximate surface area is 228 Å². The van der Waals surface area contributed by atoms with E-state index in [1.807, 2.05) is 4.90 Å². The first kappa shape index (κ1) is 27.2. The summed E-state index contributed by atoms with van der Waals surface area (Å²) in [5.74, 6) is -0.220. The molecule has 0 aromatic carbocycles. The quantitative estimate of drug-likeness (QED) is 0.385. The normalized spacial score (nSPS) is 17.5. The number of aryl methyl sites for hydroxylation is 1. The van der Waals surface area contributed by atoms with Crippen LogP contribution in [0, 0.1) is 6.92 Å². The van der Waals surface area contributed by atoms with Gasteiger partial charge in [-0.15, -0.1) is 0 Å². The Morgan fingerprint density at radius 2 is 2.08 bits per heavy atom. The number of aromatic nitrogens is 3. The summed E-state index contributed by atoms with van der Waals surface area (Å²) in [6, 6.07) is 3.18. The molecule has 10 nitrogen and oxygen atoms in total. The summed E-state index contributed by atoms with van der Waals surface area (Å²) < 4.78 is 16.3. The molecular formula is C24H27Cl2N5O5S. The molecule has 2 atom stereocenters. The van der Waals surface area contributed by atoms with Gasteiger partial charge < -0.3 is 29.4 Å². The predicted octanol–water partition coefficient (Wildman–Crippen LogP) is 4.36. The standard InChI is InChI=1S/C24H27Cl2N5O5S/c1-5-36-23(33)21-19(15-10-13(34-3)6-8-27-15)30-24(37-21)31-9-7-14(16(11-31)35-4)29-22(32)20-18(26)17(25)12(2)28-20/h6,8,10,14,16,28H,5,7,9,11H2,1-4H3,(H,29,32)/t14-,16+/m1/s1. The number of rotatable bonds is 8. The molecule has 13 heteroatoms. The zero-order valence-electron chi connectivity index (χ0n) is 20.8. The minimum atomic E-state index is -0.465. The SMILES string of the molecule is CCOC(=O)c1sc(N2CC[C@@H](NC(=O)c3[nH]c(C)c(Cl)c3Cl)[C@@H](OC)C2)nc1-c1cc(OC)ccn1. The Kier molecular flexibility index (Phi) is 8.58. The highest BCUT2D eigenvalue weighted by Crippen LogP contribution is 2.35. The molecule has 1 aliphatic heterocycles. The molecular weight excluding hydrogens is 541 g/mol. The smallest absolute Gasteiger partial charge is 0.350 e. The van der Waals surface area contributed by atoms with E-state index in [0.717, 1.165) is 0 Å². The highest BCUT2D eigenvalue weighted by atomic mass is 35.5. The number of methoxy groups -OCH3 is 2. The van der Waals surface area contributed by atoms with E-state index in [1.165, 1.54) is 11.3 Å². The third kappa shape index (κ3) is 5.69. The monoisotopic (exact) mass is 567 g/mol. The predicted molar refractivity (Wildman–Crippen MR) is 142 cm³/mol. The number of hydrogen-bond acceptors (Lipinski definition) is 9. The first-order valence-corrected chi connectivity index (χ1v) is 13.1. The van der Waals surface area contributed by atoms with E-state index in [1.54, 1.807) is 46.4 Å². The number of amides is 1. The number of anilines is 1. The lowest BCUT2D eigenvalue weighted by Crippen LogP contribution is -2.55. The second-order valence-corrected chi connectivity index (χ2v) is 10.1. The fourth-order valence-corrected chi connectivity index (χ4v) is 5.50. The van der Waals surface area contributed by atoms with Crippen molar-refractivity contribution in [3.63, 3.8) is 0 Å². The Morgan fingerprint density at radius 1 is 1.30 bits per heavy atom. The number of carbonyl (C=O) groups is 2. The number of aromatic amines is 1. The second kappa shape index (κ2) is 11.7. The summed E-state index contributed by atoms with van der Waals surface area (Å²) >= 11 is 13.6. The van der Waals surface area contributed by atoms with Crippen LogP contribution in [0.5, 0.6) is 5.75 Å². The zero-order chi connectivity index (χ0) is 26.7. The van der Waals surface area contributed by atoms with Crippen molar-refractivity contribution in [1.82, 2.24) is 20.3 Å². The van der Waals surface area contributed by atoms with Gasteiger partial charge >= 0.3 is 5.97 Å². The average Bonchev–Trinajstić information content (AvgIpc) is 3.46. The molecule has 4 heterocycles. The van der Waals surface area contributed by atoms with Crippen LogP contribution < -0.4 is 15.0 Å². The number of piperidine rings is 1.